The molecule has 39 heteroatoms. The maximum absolute atomic E-state index is 12.8. The van der Waals surface area contributed by atoms with Crippen LogP contribution in [0.25, 0.3) is 0 Å². The number of carbonyl (C=O) groups is 3. The highest BCUT2D eigenvalue weighted by Crippen LogP contribution is 2.37. The average Bonchev–Trinajstić information content (AvgIpc) is 1.81. The fourth-order valence-corrected chi connectivity index (χ4v) is 10.7. The molecule has 3 amide bonds. The van der Waals surface area contributed by atoms with Gasteiger partial charge in [0.1, 0.15) is 165 Å². The molecule has 6 rings (SSSR count). The molecule has 6 heterocycles. The SMILES string of the molecule is CC(=O)N[C@H]1[C@H](O[C@@H]([C@H](O)[C@H](CO)NC(C)=O)[C@H](O)CO)O[C@H](CO)[C@@H](O[C@@H]2O[C@H](CO[C@H]3O[C@H](CO)[C@@H](O)[C@H](O)[C@@H]3O)[C@@H](O)[C@H](O[C@H]3O[C@H](CO)[C@@H](O)[C@H](O)[C@@H]3O[C@@H]3O[C@H](CO)[C@@H](O)[C@H](O[C@@H]4O[C@H](CO)[C@H](O)[C@H](O)[C@H]4O)[C@H]3NC(C)=O)[C@@H]2O)[C@@H]1O. The van der Waals surface area contributed by atoms with E-state index < -0.39 is 279 Å². The molecule has 0 saturated carbocycles. The molecule has 6 aliphatic rings. The summed E-state index contributed by atoms with van der Waals surface area (Å²) < 4.78 is 70.0. The molecule has 6 fully saturated rings. The van der Waals surface area contributed by atoms with Crippen LogP contribution in [0, 0.1) is 0 Å². The van der Waals surface area contributed by atoms with Gasteiger partial charge in [-0.05, 0) is 0 Å². The molecular formula is C48H83N3O36. The first-order valence-electron chi connectivity index (χ1n) is 27.5. The molecule has 0 aromatic heterocycles. The van der Waals surface area contributed by atoms with Crippen molar-refractivity contribution in [3.05, 3.63) is 0 Å². The summed E-state index contributed by atoms with van der Waals surface area (Å²) in [5, 5.41) is 234. The Balaban J connectivity index is 1.36. The van der Waals surface area contributed by atoms with Crippen LogP contribution in [0.1, 0.15) is 20.8 Å². The van der Waals surface area contributed by atoms with Gasteiger partial charge in [-0.2, -0.15) is 0 Å². The average molecular weight is 1280 g/mol. The zero-order valence-electron chi connectivity index (χ0n) is 46.8. The largest absolute Gasteiger partial charge is 0.394 e. The van der Waals surface area contributed by atoms with Gasteiger partial charge in [0.05, 0.1) is 58.9 Å². The lowest BCUT2D eigenvalue weighted by Gasteiger charge is -2.51. The number of ether oxygens (including phenoxy) is 12. The number of aliphatic hydroxyl groups is 21. The Labute approximate surface area is 493 Å². The highest BCUT2D eigenvalue weighted by atomic mass is 16.8. The number of carbonyl (C=O) groups excluding carboxylic acids is 3. The lowest BCUT2D eigenvalue weighted by molar-refractivity contribution is -0.396. The van der Waals surface area contributed by atoms with Gasteiger partial charge in [-0.1, -0.05) is 0 Å². The Bertz CT molecular complexity index is 2130. The summed E-state index contributed by atoms with van der Waals surface area (Å²) in [5.74, 6) is -2.60. The molecule has 24 N–H and O–H groups in total. The minimum atomic E-state index is -2.45. The van der Waals surface area contributed by atoms with E-state index in [1.807, 2.05) is 0 Å². The topological polar surface area (TPSA) is 623 Å². The predicted octanol–water partition coefficient (Wildman–Crippen LogP) is -16.2. The fraction of sp³-hybridized carbons (Fsp3) is 0.938. The van der Waals surface area contributed by atoms with Gasteiger partial charge in [0.2, 0.25) is 17.7 Å². The van der Waals surface area contributed by atoms with E-state index in [-0.39, 0.29) is 0 Å². The van der Waals surface area contributed by atoms with E-state index in [0.29, 0.717) is 0 Å². The van der Waals surface area contributed by atoms with Gasteiger partial charge in [0, 0.05) is 20.8 Å². The second-order valence-electron chi connectivity index (χ2n) is 21.6. The number of hydrogen-bond acceptors (Lipinski definition) is 36. The molecule has 39 nitrogen and oxygen atoms in total. The quantitative estimate of drug-likeness (QED) is 0.0382. The van der Waals surface area contributed by atoms with Crippen LogP contribution in [0.4, 0.5) is 0 Å². The Hall–Kier alpha value is -2.91. The first-order valence-corrected chi connectivity index (χ1v) is 27.5. The van der Waals surface area contributed by atoms with Crippen molar-refractivity contribution in [2.24, 2.45) is 0 Å². The lowest BCUT2D eigenvalue weighted by atomic mass is 9.94. The van der Waals surface area contributed by atoms with Crippen LogP contribution in [-0.4, -0.2) is 386 Å². The van der Waals surface area contributed by atoms with Crippen molar-refractivity contribution in [1.29, 1.82) is 0 Å². The van der Waals surface area contributed by atoms with Crippen LogP contribution in [0.5, 0.6) is 0 Å². The first-order chi connectivity index (χ1) is 41.1. The van der Waals surface area contributed by atoms with Gasteiger partial charge in [-0.3, -0.25) is 14.4 Å². The molecule has 506 valence electrons. The number of aliphatic hydroxyl groups excluding tert-OH is 21. The third-order valence-electron chi connectivity index (χ3n) is 15.4. The van der Waals surface area contributed by atoms with E-state index in [0.717, 1.165) is 20.8 Å². The molecule has 0 aromatic rings. The molecule has 0 radical (unpaired) electrons. The fourth-order valence-electron chi connectivity index (χ4n) is 10.7. The van der Waals surface area contributed by atoms with Gasteiger partial charge in [-0.25, -0.2) is 0 Å². The van der Waals surface area contributed by atoms with Crippen LogP contribution >= 0.6 is 0 Å². The highest BCUT2D eigenvalue weighted by Gasteiger charge is 2.59. The summed E-state index contributed by atoms with van der Waals surface area (Å²) in [7, 11) is 0. The Morgan fingerprint density at radius 1 is 0.391 bits per heavy atom. The molecule has 34 atom stereocenters. The molecular weight excluding hydrogens is 1190 g/mol. The van der Waals surface area contributed by atoms with Crippen LogP contribution in [0.2, 0.25) is 0 Å². The van der Waals surface area contributed by atoms with Crippen LogP contribution < -0.4 is 16.0 Å². The maximum atomic E-state index is 12.8. The van der Waals surface area contributed by atoms with Gasteiger partial charge in [0.25, 0.3) is 0 Å². The van der Waals surface area contributed by atoms with Crippen molar-refractivity contribution in [3.8, 4) is 0 Å². The monoisotopic (exact) mass is 1280 g/mol. The van der Waals surface area contributed by atoms with E-state index in [1.165, 1.54) is 0 Å². The van der Waals surface area contributed by atoms with Crippen molar-refractivity contribution < 1.29 is 178 Å². The van der Waals surface area contributed by atoms with Gasteiger partial charge in [0.15, 0.2) is 37.7 Å². The standard InChI is InChI=1S/C48H83N3O36/c1-12(59)49-15(4-52)25(63)38(16(62)5-53)83-43-23(50-13(2)60)31(69)39(21(10-58)81-43)84-47-37(75)41(30(68)22(82-47)11-76-45-35(73)32(70)26(64)17(6-54)78-45)86-48-42(34(72)28(66)19(8-56)80-48)87-44-24(51-14(3)61)40(29(67)20(9-57)77-44)85-46-36(74)33(71)27(65)18(7-55)79-46/h15-48,52-58,62-75H,4-11H2,1-3H3,(H,49,59)(H,50,60)(H,51,61)/t15-,16+,17+,18+,19+,20+,21+,22+,23+,24+,25+,26+,27-,28+,29+,30+,31+,32-,33-,34-,35-,36+,37-,38+,39+,40+,41-,42-,43-,44-,45-,46-,47-,48+/m0/s1. The molecule has 6 saturated heterocycles. The van der Waals surface area contributed by atoms with Crippen LogP contribution in [0.3, 0.4) is 0 Å². The van der Waals surface area contributed by atoms with Gasteiger partial charge in [-0.15, -0.1) is 0 Å². The number of nitrogens with one attached hydrogen (secondary N) is 3. The number of amides is 3. The van der Waals surface area contributed by atoms with Crippen molar-refractivity contribution >= 4 is 17.7 Å². The van der Waals surface area contributed by atoms with Gasteiger partial charge >= 0.3 is 0 Å². The minimum Gasteiger partial charge on any atom is -0.394 e. The summed E-state index contributed by atoms with van der Waals surface area (Å²) in [4.78, 5) is 37.4. The van der Waals surface area contributed by atoms with E-state index in [2.05, 4.69) is 16.0 Å². The van der Waals surface area contributed by atoms with Gasteiger partial charge < -0.3 is 180 Å². The van der Waals surface area contributed by atoms with E-state index >= 15 is 0 Å². The second kappa shape index (κ2) is 32.6. The summed E-state index contributed by atoms with van der Waals surface area (Å²) >= 11 is 0. The molecule has 0 aromatic carbocycles. The first kappa shape index (κ1) is 73.1. The normalized spacial score (nSPS) is 45.1. The number of hydrogen-bond donors (Lipinski definition) is 24. The van der Waals surface area contributed by atoms with Crippen molar-refractivity contribution in [2.75, 3.05) is 52.9 Å². The van der Waals surface area contributed by atoms with E-state index in [1.54, 1.807) is 0 Å². The van der Waals surface area contributed by atoms with E-state index in [4.69, 9.17) is 56.8 Å². The van der Waals surface area contributed by atoms with Crippen molar-refractivity contribution in [1.82, 2.24) is 16.0 Å². The maximum Gasteiger partial charge on any atom is 0.217 e. The summed E-state index contributed by atoms with van der Waals surface area (Å²) in [6.45, 7) is -5.38. The second-order valence-corrected chi connectivity index (χ2v) is 21.6. The minimum absolute atomic E-state index is 0.769. The molecule has 0 unspecified atom stereocenters. The zero-order chi connectivity index (χ0) is 64.6. The molecule has 6 aliphatic heterocycles. The molecule has 87 heavy (non-hydrogen) atoms. The zero-order valence-corrected chi connectivity index (χ0v) is 46.8. The third kappa shape index (κ3) is 16.8. The smallest absolute Gasteiger partial charge is 0.217 e. The van der Waals surface area contributed by atoms with Crippen LogP contribution in [0.15, 0.2) is 0 Å². The van der Waals surface area contributed by atoms with Crippen molar-refractivity contribution in [2.45, 2.75) is 229 Å². The van der Waals surface area contributed by atoms with E-state index in [9.17, 15) is 122 Å². The predicted molar refractivity (Wildman–Crippen MR) is 269 cm³/mol. The Morgan fingerprint density at radius 2 is 0.816 bits per heavy atom. The summed E-state index contributed by atoms with van der Waals surface area (Å²) in [6, 6.07) is -5.32. The highest BCUT2D eigenvalue weighted by molar-refractivity contribution is 5.74. The third-order valence-corrected chi connectivity index (χ3v) is 15.4. The number of rotatable bonds is 26. The lowest BCUT2D eigenvalue weighted by Crippen LogP contribution is -2.70. The molecule has 0 bridgehead atoms. The molecule has 0 spiro atoms. The summed E-state index contributed by atoms with van der Waals surface area (Å²) in [5.41, 5.74) is 0. The van der Waals surface area contributed by atoms with Crippen LogP contribution in [-0.2, 0) is 71.2 Å². The summed E-state index contributed by atoms with van der Waals surface area (Å²) in [6.07, 6.45) is -63.3. The Morgan fingerprint density at radius 3 is 1.34 bits per heavy atom. The molecule has 0 aliphatic carbocycles. The van der Waals surface area contributed by atoms with Crippen molar-refractivity contribution in [3.63, 3.8) is 0 Å². The Kier molecular flexibility index (Phi) is 27.4.